The molecule has 2 aromatic heterocycles. The molecule has 1 N–H and O–H groups in total. The Hall–Kier alpha value is -3.38. The van der Waals surface area contributed by atoms with Gasteiger partial charge in [0.1, 0.15) is 17.2 Å². The second-order valence-corrected chi connectivity index (χ2v) is 8.33. The zero-order valence-electron chi connectivity index (χ0n) is 18.1. The number of pyridine rings is 1. The molecule has 4 aromatic rings. The number of nitrogens with one attached hydrogen (secondary N) is 1. The van der Waals surface area contributed by atoms with Crippen molar-refractivity contribution in [3.8, 4) is 16.9 Å². The average Bonchev–Trinajstić information content (AvgIpc) is 3.16. The van der Waals surface area contributed by atoms with E-state index in [-0.39, 0.29) is 5.91 Å². The average molecular weight is 491 g/mol. The van der Waals surface area contributed by atoms with Crippen molar-refractivity contribution in [2.75, 3.05) is 11.9 Å². The molecule has 0 radical (unpaired) electrons. The van der Waals surface area contributed by atoms with E-state index in [1.54, 1.807) is 18.4 Å². The number of aromatic nitrogens is 1. The maximum Gasteiger partial charge on any atom is 0.249 e. The van der Waals surface area contributed by atoms with Crippen molar-refractivity contribution in [3.05, 3.63) is 82.7 Å². The van der Waals surface area contributed by atoms with E-state index in [1.807, 2.05) is 69.3 Å². The Balaban J connectivity index is 1.72. The van der Waals surface area contributed by atoms with Gasteiger partial charge in [0.25, 0.3) is 0 Å². The summed E-state index contributed by atoms with van der Waals surface area (Å²) in [6, 6.07) is 17.5. The highest BCUT2D eigenvalue weighted by Crippen LogP contribution is 2.37. The third-order valence-electron chi connectivity index (χ3n) is 5.04. The van der Waals surface area contributed by atoms with Crippen LogP contribution in [0, 0.1) is 6.92 Å². The van der Waals surface area contributed by atoms with Gasteiger partial charge in [0.05, 0.1) is 12.9 Å². The van der Waals surface area contributed by atoms with Crippen molar-refractivity contribution < 1.29 is 13.9 Å². The van der Waals surface area contributed by atoms with Crippen molar-refractivity contribution in [1.82, 2.24) is 4.98 Å². The first-order chi connectivity index (χ1) is 15.4. The van der Waals surface area contributed by atoms with E-state index in [9.17, 15) is 4.79 Å². The summed E-state index contributed by atoms with van der Waals surface area (Å²) in [5, 5.41) is 3.78. The zero-order chi connectivity index (χ0) is 22.7. The highest BCUT2D eigenvalue weighted by atomic mass is 79.9. The van der Waals surface area contributed by atoms with Gasteiger partial charge < -0.3 is 14.5 Å². The van der Waals surface area contributed by atoms with Crippen LogP contribution in [0.25, 0.3) is 27.7 Å². The summed E-state index contributed by atoms with van der Waals surface area (Å²) in [5.74, 6) is 0.947. The molecule has 0 aliphatic rings. The standard InChI is InChI=1S/C26H23BrN2O3/c1-4-31-23-14-24-21(22(15-32-24)18-8-10-19(27)11-9-18)13-20(23)16(2)12-26(30)29-25-7-5-6-17(3)28-25/h5-15H,4H2,1-3H3,(H,28,29,30)/b16-12+. The number of rotatable bonds is 6. The summed E-state index contributed by atoms with van der Waals surface area (Å²) in [4.78, 5) is 16.9. The molecular weight excluding hydrogens is 468 g/mol. The number of amides is 1. The largest absolute Gasteiger partial charge is 0.493 e. The number of hydrogen-bond donors (Lipinski definition) is 1. The number of anilines is 1. The molecule has 2 heterocycles. The van der Waals surface area contributed by atoms with Crippen LogP contribution in [0.1, 0.15) is 25.1 Å². The van der Waals surface area contributed by atoms with Gasteiger partial charge in [0, 0.05) is 38.8 Å². The number of benzene rings is 2. The van der Waals surface area contributed by atoms with Gasteiger partial charge in [0.15, 0.2) is 0 Å². The minimum absolute atomic E-state index is 0.247. The van der Waals surface area contributed by atoms with Crippen LogP contribution in [-0.2, 0) is 4.79 Å². The predicted molar refractivity (Wildman–Crippen MR) is 132 cm³/mol. The van der Waals surface area contributed by atoms with Crippen molar-refractivity contribution >= 4 is 44.2 Å². The summed E-state index contributed by atoms with van der Waals surface area (Å²) in [7, 11) is 0. The minimum atomic E-state index is -0.247. The van der Waals surface area contributed by atoms with Gasteiger partial charge in [-0.1, -0.05) is 34.1 Å². The number of halogens is 1. The van der Waals surface area contributed by atoms with Crippen molar-refractivity contribution in [1.29, 1.82) is 0 Å². The van der Waals surface area contributed by atoms with E-state index in [2.05, 4.69) is 26.2 Å². The molecule has 32 heavy (non-hydrogen) atoms. The molecule has 0 aliphatic carbocycles. The fraction of sp³-hybridized carbons (Fsp3) is 0.154. The predicted octanol–water partition coefficient (Wildman–Crippen LogP) is 7.01. The molecule has 4 rings (SSSR count). The lowest BCUT2D eigenvalue weighted by atomic mass is 9.99. The zero-order valence-corrected chi connectivity index (χ0v) is 19.7. The fourth-order valence-electron chi connectivity index (χ4n) is 3.54. The number of carbonyl (C=O) groups is 1. The molecule has 0 unspecified atom stereocenters. The second-order valence-electron chi connectivity index (χ2n) is 7.41. The smallest absolute Gasteiger partial charge is 0.249 e. The highest BCUT2D eigenvalue weighted by molar-refractivity contribution is 9.10. The van der Waals surface area contributed by atoms with Gasteiger partial charge >= 0.3 is 0 Å². The number of hydrogen-bond acceptors (Lipinski definition) is 4. The molecule has 0 aliphatic heterocycles. The van der Waals surface area contributed by atoms with E-state index in [1.165, 1.54) is 0 Å². The maximum atomic E-state index is 12.6. The molecule has 0 spiro atoms. The lowest BCUT2D eigenvalue weighted by Gasteiger charge is -2.12. The van der Waals surface area contributed by atoms with Crippen LogP contribution in [0.2, 0.25) is 0 Å². The molecule has 0 saturated heterocycles. The SMILES string of the molecule is CCOc1cc2occ(-c3ccc(Br)cc3)c2cc1/C(C)=C/C(=O)Nc1cccc(C)n1. The molecule has 5 nitrogen and oxygen atoms in total. The Labute approximate surface area is 195 Å². The van der Waals surface area contributed by atoms with Gasteiger partial charge in [-0.3, -0.25) is 4.79 Å². The normalized spacial score (nSPS) is 11.6. The van der Waals surface area contributed by atoms with Crippen LogP contribution in [-0.4, -0.2) is 17.5 Å². The minimum Gasteiger partial charge on any atom is -0.493 e. The van der Waals surface area contributed by atoms with Crippen molar-refractivity contribution in [3.63, 3.8) is 0 Å². The molecule has 0 fully saturated rings. The van der Waals surface area contributed by atoms with Crippen molar-refractivity contribution in [2.45, 2.75) is 20.8 Å². The van der Waals surface area contributed by atoms with E-state index in [0.29, 0.717) is 18.2 Å². The summed E-state index contributed by atoms with van der Waals surface area (Å²) >= 11 is 3.48. The monoisotopic (exact) mass is 490 g/mol. The summed E-state index contributed by atoms with van der Waals surface area (Å²) < 4.78 is 12.7. The van der Waals surface area contributed by atoms with E-state index in [4.69, 9.17) is 9.15 Å². The molecule has 0 saturated carbocycles. The van der Waals surface area contributed by atoms with Crippen molar-refractivity contribution in [2.24, 2.45) is 0 Å². The van der Waals surface area contributed by atoms with Gasteiger partial charge in [-0.25, -0.2) is 4.98 Å². The Morgan fingerprint density at radius 3 is 2.69 bits per heavy atom. The molecule has 2 aromatic carbocycles. The first-order valence-corrected chi connectivity index (χ1v) is 11.1. The Bertz CT molecular complexity index is 1310. The first kappa shape index (κ1) is 21.8. The first-order valence-electron chi connectivity index (χ1n) is 10.3. The van der Waals surface area contributed by atoms with Crippen LogP contribution in [0.4, 0.5) is 5.82 Å². The number of allylic oxidation sites excluding steroid dienone is 1. The van der Waals surface area contributed by atoms with Gasteiger partial charge in [-0.15, -0.1) is 0 Å². The van der Waals surface area contributed by atoms with E-state index in [0.717, 1.165) is 43.4 Å². The number of nitrogens with zero attached hydrogens (tertiary/aromatic N) is 1. The van der Waals surface area contributed by atoms with E-state index >= 15 is 0 Å². The Morgan fingerprint density at radius 2 is 1.97 bits per heavy atom. The molecular formula is C26H23BrN2O3. The number of ether oxygens (including phenoxy) is 1. The molecule has 6 heteroatoms. The van der Waals surface area contributed by atoms with Gasteiger partial charge in [-0.2, -0.15) is 0 Å². The quantitative estimate of drug-likeness (QED) is 0.295. The summed E-state index contributed by atoms with van der Waals surface area (Å²) in [5.41, 5.74) is 5.23. The van der Waals surface area contributed by atoms with Crippen LogP contribution >= 0.6 is 15.9 Å². The van der Waals surface area contributed by atoms with Crippen LogP contribution in [0.3, 0.4) is 0 Å². The Morgan fingerprint density at radius 1 is 1.19 bits per heavy atom. The Kier molecular flexibility index (Phi) is 6.42. The number of furan rings is 1. The molecule has 1 amide bonds. The number of carbonyl (C=O) groups excluding carboxylic acids is 1. The highest BCUT2D eigenvalue weighted by Gasteiger charge is 2.15. The van der Waals surface area contributed by atoms with E-state index < -0.39 is 0 Å². The number of fused-ring (bicyclic) bond motifs is 1. The molecule has 0 bridgehead atoms. The lowest BCUT2D eigenvalue weighted by molar-refractivity contribution is -0.111. The van der Waals surface area contributed by atoms with Gasteiger partial charge in [-0.05, 0) is 62.2 Å². The third-order valence-corrected chi connectivity index (χ3v) is 5.57. The van der Waals surface area contributed by atoms with Crippen LogP contribution in [0.5, 0.6) is 5.75 Å². The molecule has 0 atom stereocenters. The summed E-state index contributed by atoms with van der Waals surface area (Å²) in [6.45, 7) is 6.21. The van der Waals surface area contributed by atoms with Crippen LogP contribution < -0.4 is 10.1 Å². The fourth-order valence-corrected chi connectivity index (χ4v) is 3.80. The molecule has 162 valence electrons. The third kappa shape index (κ3) is 4.75. The summed E-state index contributed by atoms with van der Waals surface area (Å²) in [6.07, 6.45) is 3.32. The topological polar surface area (TPSA) is 64.4 Å². The maximum absolute atomic E-state index is 12.6. The second kappa shape index (κ2) is 9.40. The number of aryl methyl sites for hydroxylation is 1. The van der Waals surface area contributed by atoms with Gasteiger partial charge in [0.2, 0.25) is 5.91 Å². The van der Waals surface area contributed by atoms with Crippen LogP contribution in [0.15, 0.2) is 75.8 Å². The lowest BCUT2D eigenvalue weighted by Crippen LogP contribution is -2.10.